The Hall–Kier alpha value is -2.82. The fourth-order valence-corrected chi connectivity index (χ4v) is 2.77. The van der Waals surface area contributed by atoms with Gasteiger partial charge in [0.1, 0.15) is 11.8 Å². The summed E-state index contributed by atoms with van der Waals surface area (Å²) in [5.41, 5.74) is 1.86. The van der Waals surface area contributed by atoms with E-state index in [2.05, 4.69) is 5.32 Å². The maximum atomic E-state index is 12.5. The lowest BCUT2D eigenvalue weighted by atomic mass is 10.2. The van der Waals surface area contributed by atoms with E-state index in [1.54, 1.807) is 24.3 Å². The van der Waals surface area contributed by atoms with Crippen molar-refractivity contribution in [3.05, 3.63) is 60.2 Å². The van der Waals surface area contributed by atoms with Gasteiger partial charge in [-0.25, -0.2) is 4.79 Å². The topological polar surface area (TPSA) is 58.6 Å². The number of benzene rings is 2. The van der Waals surface area contributed by atoms with Crippen LogP contribution in [0.15, 0.2) is 54.6 Å². The Kier molecular flexibility index (Phi) is 4.79. The molecule has 1 atom stereocenters. The third kappa shape index (κ3) is 3.74. The van der Waals surface area contributed by atoms with Crippen molar-refractivity contribution < 1.29 is 14.3 Å². The van der Waals surface area contributed by atoms with Gasteiger partial charge in [0.05, 0.1) is 0 Å². The van der Waals surface area contributed by atoms with E-state index >= 15 is 0 Å². The first-order valence-electron chi connectivity index (χ1n) is 8.04. The Balaban J connectivity index is 1.65. The normalized spacial score (nSPS) is 16.7. The first-order valence-corrected chi connectivity index (χ1v) is 8.04. The Morgan fingerprint density at radius 2 is 1.79 bits per heavy atom. The van der Waals surface area contributed by atoms with Gasteiger partial charge >= 0.3 is 6.09 Å². The van der Waals surface area contributed by atoms with Crippen molar-refractivity contribution in [2.45, 2.75) is 25.8 Å². The lowest BCUT2D eigenvalue weighted by Gasteiger charge is -2.23. The van der Waals surface area contributed by atoms with Crippen molar-refractivity contribution >= 4 is 17.7 Å². The minimum absolute atomic E-state index is 0.179. The predicted octanol–water partition coefficient (Wildman–Crippen LogP) is 3.60. The first-order chi connectivity index (χ1) is 11.6. The van der Waals surface area contributed by atoms with Gasteiger partial charge in [-0.2, -0.15) is 0 Å². The standard InChI is InChI=1S/C19H20N2O3/c1-14-9-11-15(12-10-14)20-18(22)17-8-5-13-21(17)19(23)24-16-6-3-2-4-7-16/h2-4,6-7,9-12,17H,5,8,13H2,1H3,(H,20,22)/t17-/m0/s1. The lowest BCUT2D eigenvalue weighted by molar-refractivity contribution is -0.119. The van der Waals surface area contributed by atoms with Gasteiger partial charge in [-0.3, -0.25) is 9.69 Å². The highest BCUT2D eigenvalue weighted by atomic mass is 16.6. The van der Waals surface area contributed by atoms with Crippen molar-refractivity contribution in [1.29, 1.82) is 0 Å². The quantitative estimate of drug-likeness (QED) is 0.938. The molecule has 0 aromatic heterocycles. The number of aryl methyl sites for hydroxylation is 1. The lowest BCUT2D eigenvalue weighted by Crippen LogP contribution is -2.44. The highest BCUT2D eigenvalue weighted by molar-refractivity contribution is 5.97. The molecule has 0 unspecified atom stereocenters. The third-order valence-electron chi connectivity index (χ3n) is 4.06. The second-order valence-corrected chi connectivity index (χ2v) is 5.89. The van der Waals surface area contributed by atoms with Crippen LogP contribution in [0.5, 0.6) is 5.75 Å². The summed E-state index contributed by atoms with van der Waals surface area (Å²) in [4.78, 5) is 26.4. The number of carbonyl (C=O) groups excluding carboxylic acids is 2. The number of anilines is 1. The van der Waals surface area contributed by atoms with Crippen LogP contribution in [0.4, 0.5) is 10.5 Å². The van der Waals surface area contributed by atoms with Crippen molar-refractivity contribution in [3.8, 4) is 5.75 Å². The van der Waals surface area contributed by atoms with Crippen LogP contribution in [0.1, 0.15) is 18.4 Å². The summed E-state index contributed by atoms with van der Waals surface area (Å²) in [6, 6.07) is 16.0. The van der Waals surface area contributed by atoms with Crippen LogP contribution in [-0.2, 0) is 4.79 Å². The van der Waals surface area contributed by atoms with E-state index in [9.17, 15) is 9.59 Å². The van der Waals surface area contributed by atoms with Gasteiger partial charge in [0.2, 0.25) is 5.91 Å². The zero-order valence-corrected chi connectivity index (χ0v) is 13.6. The monoisotopic (exact) mass is 324 g/mol. The Morgan fingerprint density at radius 1 is 1.08 bits per heavy atom. The number of hydrogen-bond donors (Lipinski definition) is 1. The molecule has 0 radical (unpaired) electrons. The molecule has 2 aromatic rings. The number of hydrogen-bond acceptors (Lipinski definition) is 3. The smallest absolute Gasteiger partial charge is 0.410 e. The van der Waals surface area contributed by atoms with Gasteiger partial charge in [0.25, 0.3) is 0 Å². The van der Waals surface area contributed by atoms with Crippen LogP contribution in [0, 0.1) is 6.92 Å². The molecule has 1 aliphatic heterocycles. The molecule has 1 N–H and O–H groups in total. The SMILES string of the molecule is Cc1ccc(NC(=O)[C@@H]2CCCN2C(=O)Oc2ccccc2)cc1. The van der Waals surface area contributed by atoms with E-state index < -0.39 is 12.1 Å². The van der Waals surface area contributed by atoms with Gasteiger partial charge in [0.15, 0.2) is 0 Å². The maximum absolute atomic E-state index is 12.5. The number of ether oxygens (including phenoxy) is 1. The highest BCUT2D eigenvalue weighted by Gasteiger charge is 2.35. The van der Waals surface area contributed by atoms with E-state index in [1.807, 2.05) is 37.3 Å². The summed E-state index contributed by atoms with van der Waals surface area (Å²) in [5, 5.41) is 2.87. The van der Waals surface area contributed by atoms with Crippen LogP contribution in [0.2, 0.25) is 0 Å². The van der Waals surface area contributed by atoms with Gasteiger partial charge < -0.3 is 10.1 Å². The summed E-state index contributed by atoms with van der Waals surface area (Å²) in [6.07, 6.45) is 0.944. The number of rotatable bonds is 3. The van der Waals surface area contributed by atoms with Crippen molar-refractivity contribution in [2.24, 2.45) is 0 Å². The van der Waals surface area contributed by atoms with E-state index in [1.165, 1.54) is 4.90 Å². The number of nitrogens with one attached hydrogen (secondary N) is 1. The Morgan fingerprint density at radius 3 is 2.50 bits per heavy atom. The molecule has 5 heteroatoms. The number of carbonyl (C=O) groups is 2. The molecule has 1 fully saturated rings. The largest absolute Gasteiger partial charge is 0.415 e. The second kappa shape index (κ2) is 7.17. The zero-order valence-electron chi connectivity index (χ0n) is 13.6. The fourth-order valence-electron chi connectivity index (χ4n) is 2.77. The molecule has 5 nitrogen and oxygen atoms in total. The second-order valence-electron chi connectivity index (χ2n) is 5.89. The van der Waals surface area contributed by atoms with Crippen LogP contribution in [-0.4, -0.2) is 29.5 Å². The fraction of sp³-hybridized carbons (Fsp3) is 0.263. The van der Waals surface area contributed by atoms with E-state index in [0.29, 0.717) is 18.7 Å². The summed E-state index contributed by atoms with van der Waals surface area (Å²) in [6.45, 7) is 2.52. The highest BCUT2D eigenvalue weighted by Crippen LogP contribution is 2.21. The van der Waals surface area contributed by atoms with E-state index in [-0.39, 0.29) is 5.91 Å². The van der Waals surface area contributed by atoms with Crippen LogP contribution in [0.3, 0.4) is 0 Å². The van der Waals surface area contributed by atoms with Crippen molar-refractivity contribution in [1.82, 2.24) is 4.90 Å². The molecule has 0 spiro atoms. The molecule has 2 amide bonds. The van der Waals surface area contributed by atoms with Gasteiger partial charge in [0, 0.05) is 12.2 Å². The molecule has 1 saturated heterocycles. The molecule has 1 heterocycles. The molecule has 0 bridgehead atoms. The van der Waals surface area contributed by atoms with Gasteiger partial charge in [-0.1, -0.05) is 35.9 Å². The minimum Gasteiger partial charge on any atom is -0.410 e. The number of nitrogens with zero attached hydrogens (tertiary/aromatic N) is 1. The maximum Gasteiger partial charge on any atom is 0.415 e. The zero-order chi connectivity index (χ0) is 16.9. The van der Waals surface area contributed by atoms with Crippen LogP contribution in [0.25, 0.3) is 0 Å². The number of likely N-dealkylation sites (tertiary alicyclic amines) is 1. The Labute approximate surface area is 141 Å². The van der Waals surface area contributed by atoms with Crippen LogP contribution >= 0.6 is 0 Å². The number of para-hydroxylation sites is 1. The van der Waals surface area contributed by atoms with Gasteiger partial charge in [-0.15, -0.1) is 0 Å². The molecule has 3 rings (SSSR count). The molecular weight excluding hydrogens is 304 g/mol. The van der Waals surface area contributed by atoms with E-state index in [4.69, 9.17) is 4.74 Å². The van der Waals surface area contributed by atoms with Crippen molar-refractivity contribution in [3.63, 3.8) is 0 Å². The molecular formula is C19H20N2O3. The summed E-state index contributed by atoms with van der Waals surface area (Å²) in [7, 11) is 0. The van der Waals surface area contributed by atoms with Crippen LogP contribution < -0.4 is 10.1 Å². The molecule has 124 valence electrons. The summed E-state index contributed by atoms with van der Waals surface area (Å²) in [5.74, 6) is 0.299. The predicted molar refractivity (Wildman–Crippen MR) is 92.0 cm³/mol. The number of amides is 2. The Bertz CT molecular complexity index is 713. The average Bonchev–Trinajstić information content (AvgIpc) is 3.08. The third-order valence-corrected chi connectivity index (χ3v) is 4.06. The minimum atomic E-state index is -0.498. The average molecular weight is 324 g/mol. The van der Waals surface area contributed by atoms with Crippen molar-refractivity contribution in [2.75, 3.05) is 11.9 Å². The summed E-state index contributed by atoms with van der Waals surface area (Å²) >= 11 is 0. The molecule has 24 heavy (non-hydrogen) atoms. The van der Waals surface area contributed by atoms with Gasteiger partial charge in [-0.05, 0) is 44.0 Å². The molecule has 0 saturated carbocycles. The summed E-state index contributed by atoms with van der Waals surface area (Å²) < 4.78 is 5.35. The first kappa shape index (κ1) is 16.1. The van der Waals surface area contributed by atoms with E-state index in [0.717, 1.165) is 17.7 Å². The molecule has 1 aliphatic rings. The molecule has 0 aliphatic carbocycles. The molecule has 2 aromatic carbocycles.